The fourth-order valence-electron chi connectivity index (χ4n) is 3.23. The van der Waals surface area contributed by atoms with E-state index in [9.17, 15) is 18.0 Å². The van der Waals surface area contributed by atoms with E-state index < -0.39 is 11.9 Å². The topological polar surface area (TPSA) is 54.0 Å². The van der Waals surface area contributed by atoms with E-state index in [0.29, 0.717) is 29.4 Å². The van der Waals surface area contributed by atoms with E-state index >= 15 is 0 Å². The molecule has 0 bridgehead atoms. The summed E-state index contributed by atoms with van der Waals surface area (Å²) in [6, 6.07) is 7.93. The quantitative estimate of drug-likeness (QED) is 0.836. The SMILES string of the molecule is O=CNC1CCCC(Nc2cc(C(F)(F)F)nc3ccccc23)C1. The number of halogens is 3. The smallest absolute Gasteiger partial charge is 0.382 e. The van der Waals surface area contributed by atoms with Crippen molar-refractivity contribution >= 4 is 23.0 Å². The van der Waals surface area contributed by atoms with Crippen LogP contribution in [-0.2, 0) is 11.0 Å². The van der Waals surface area contributed by atoms with E-state index in [-0.39, 0.29) is 12.1 Å². The molecule has 1 fully saturated rings. The Morgan fingerprint density at radius 3 is 2.67 bits per heavy atom. The fraction of sp³-hybridized carbons (Fsp3) is 0.412. The Kier molecular flexibility index (Phi) is 4.59. The summed E-state index contributed by atoms with van der Waals surface area (Å²) in [5.74, 6) is 0. The van der Waals surface area contributed by atoms with Gasteiger partial charge in [0.05, 0.1) is 5.52 Å². The molecule has 0 radical (unpaired) electrons. The van der Waals surface area contributed by atoms with Crippen molar-refractivity contribution < 1.29 is 18.0 Å². The summed E-state index contributed by atoms with van der Waals surface area (Å²) in [5, 5.41) is 6.65. The second-order valence-corrected chi connectivity index (χ2v) is 6.06. The molecule has 0 aliphatic heterocycles. The van der Waals surface area contributed by atoms with Crippen molar-refractivity contribution in [3.8, 4) is 0 Å². The fourth-order valence-corrected chi connectivity index (χ4v) is 3.23. The number of carbonyl (C=O) groups is 1. The lowest BCUT2D eigenvalue weighted by Crippen LogP contribution is -2.38. The molecular formula is C17H18F3N3O. The van der Waals surface area contributed by atoms with Gasteiger partial charge in [-0.05, 0) is 37.8 Å². The third kappa shape index (κ3) is 3.60. The molecule has 24 heavy (non-hydrogen) atoms. The van der Waals surface area contributed by atoms with Gasteiger partial charge >= 0.3 is 6.18 Å². The zero-order valence-electron chi connectivity index (χ0n) is 12.9. The third-order valence-electron chi connectivity index (χ3n) is 4.34. The summed E-state index contributed by atoms with van der Waals surface area (Å²) >= 11 is 0. The molecule has 1 amide bonds. The van der Waals surface area contributed by atoms with E-state index in [1.807, 2.05) is 0 Å². The number of pyridine rings is 1. The molecule has 3 rings (SSSR count). The molecule has 1 aromatic carbocycles. The molecule has 4 nitrogen and oxygen atoms in total. The normalized spacial score (nSPS) is 21.5. The second-order valence-electron chi connectivity index (χ2n) is 6.06. The van der Waals surface area contributed by atoms with Gasteiger partial charge in [0.15, 0.2) is 0 Å². The van der Waals surface area contributed by atoms with Crippen LogP contribution >= 0.6 is 0 Å². The molecule has 1 aliphatic rings. The Morgan fingerprint density at radius 2 is 1.92 bits per heavy atom. The Bertz CT molecular complexity index is 733. The van der Waals surface area contributed by atoms with Crippen LogP contribution in [0.3, 0.4) is 0 Å². The summed E-state index contributed by atoms with van der Waals surface area (Å²) in [5.41, 5.74) is -0.153. The lowest BCUT2D eigenvalue weighted by molar-refractivity contribution is -0.140. The molecule has 2 aromatic rings. The van der Waals surface area contributed by atoms with Crippen molar-refractivity contribution in [3.05, 3.63) is 36.0 Å². The molecule has 128 valence electrons. The first-order chi connectivity index (χ1) is 11.5. The number of nitrogens with one attached hydrogen (secondary N) is 2. The van der Waals surface area contributed by atoms with Gasteiger partial charge in [0.25, 0.3) is 0 Å². The summed E-state index contributed by atoms with van der Waals surface area (Å²) in [7, 11) is 0. The van der Waals surface area contributed by atoms with Crippen LogP contribution in [0.4, 0.5) is 18.9 Å². The lowest BCUT2D eigenvalue weighted by Gasteiger charge is -2.30. The highest BCUT2D eigenvalue weighted by atomic mass is 19.4. The maximum atomic E-state index is 13.1. The number of anilines is 1. The van der Waals surface area contributed by atoms with Gasteiger partial charge < -0.3 is 10.6 Å². The monoisotopic (exact) mass is 337 g/mol. The van der Waals surface area contributed by atoms with Gasteiger partial charge in [0.2, 0.25) is 6.41 Å². The van der Waals surface area contributed by atoms with E-state index in [1.165, 1.54) is 0 Å². The molecule has 2 unspecified atom stereocenters. The van der Waals surface area contributed by atoms with Crippen LogP contribution in [0, 0.1) is 0 Å². The minimum absolute atomic E-state index is 0.0167. The van der Waals surface area contributed by atoms with Crippen molar-refractivity contribution in [2.24, 2.45) is 0 Å². The summed E-state index contributed by atoms with van der Waals surface area (Å²) in [6.07, 6.45) is -0.461. The first-order valence-electron chi connectivity index (χ1n) is 7.90. The number of para-hydroxylation sites is 1. The van der Waals surface area contributed by atoms with E-state index in [0.717, 1.165) is 25.3 Å². The summed E-state index contributed by atoms with van der Waals surface area (Å²) in [6.45, 7) is 0. The molecule has 1 saturated carbocycles. The number of hydrogen-bond acceptors (Lipinski definition) is 3. The number of hydrogen-bond donors (Lipinski definition) is 2. The Balaban J connectivity index is 1.91. The van der Waals surface area contributed by atoms with Gasteiger partial charge in [-0.25, -0.2) is 4.98 Å². The Labute approximate surface area is 137 Å². The molecule has 7 heteroatoms. The predicted molar refractivity (Wildman–Crippen MR) is 85.6 cm³/mol. The number of benzene rings is 1. The highest BCUT2D eigenvalue weighted by Crippen LogP contribution is 2.34. The largest absolute Gasteiger partial charge is 0.433 e. The minimum Gasteiger partial charge on any atom is -0.382 e. The predicted octanol–water partition coefficient (Wildman–Crippen LogP) is 3.72. The van der Waals surface area contributed by atoms with Crippen LogP contribution in [0.5, 0.6) is 0 Å². The number of alkyl halides is 3. The van der Waals surface area contributed by atoms with Gasteiger partial charge in [-0.1, -0.05) is 18.2 Å². The van der Waals surface area contributed by atoms with Crippen molar-refractivity contribution in [1.29, 1.82) is 0 Å². The van der Waals surface area contributed by atoms with Crippen LogP contribution in [0.15, 0.2) is 30.3 Å². The molecule has 1 heterocycles. The molecule has 2 atom stereocenters. The number of carbonyl (C=O) groups excluding carboxylic acids is 1. The standard InChI is InChI=1S/C17H18F3N3O/c18-17(19,20)16-9-15(13-6-1-2-7-14(13)23-16)22-12-5-3-4-11(8-12)21-10-24/h1-2,6-7,9-12H,3-5,8H2,(H,21,24)(H,22,23). The first kappa shape index (κ1) is 16.5. The van der Waals surface area contributed by atoms with Gasteiger partial charge in [-0.2, -0.15) is 13.2 Å². The highest BCUT2D eigenvalue weighted by Gasteiger charge is 2.33. The van der Waals surface area contributed by atoms with Crippen LogP contribution < -0.4 is 10.6 Å². The van der Waals surface area contributed by atoms with Crippen molar-refractivity contribution in [2.75, 3.05) is 5.32 Å². The highest BCUT2D eigenvalue weighted by molar-refractivity contribution is 5.91. The first-order valence-corrected chi connectivity index (χ1v) is 7.90. The average molecular weight is 337 g/mol. The van der Waals surface area contributed by atoms with Crippen LogP contribution in [0.1, 0.15) is 31.4 Å². The summed E-state index contributed by atoms with van der Waals surface area (Å²) < 4.78 is 39.3. The number of aromatic nitrogens is 1. The number of rotatable bonds is 4. The van der Waals surface area contributed by atoms with E-state index in [2.05, 4.69) is 15.6 Å². The third-order valence-corrected chi connectivity index (χ3v) is 4.34. The van der Waals surface area contributed by atoms with E-state index in [1.54, 1.807) is 24.3 Å². The molecule has 2 N–H and O–H groups in total. The average Bonchev–Trinajstić information content (AvgIpc) is 2.54. The van der Waals surface area contributed by atoms with Crippen molar-refractivity contribution in [2.45, 2.75) is 43.9 Å². The zero-order valence-corrected chi connectivity index (χ0v) is 12.9. The van der Waals surface area contributed by atoms with Crippen molar-refractivity contribution in [3.63, 3.8) is 0 Å². The van der Waals surface area contributed by atoms with Crippen molar-refractivity contribution in [1.82, 2.24) is 10.3 Å². The molecule has 0 saturated heterocycles. The summed E-state index contributed by atoms with van der Waals surface area (Å²) in [4.78, 5) is 14.3. The van der Waals surface area contributed by atoms with Gasteiger partial charge in [-0.15, -0.1) is 0 Å². The number of nitrogens with zero attached hydrogens (tertiary/aromatic N) is 1. The molecular weight excluding hydrogens is 319 g/mol. The molecule has 1 aliphatic carbocycles. The lowest BCUT2D eigenvalue weighted by atomic mass is 9.91. The number of fused-ring (bicyclic) bond motifs is 1. The minimum atomic E-state index is -4.49. The molecule has 0 spiro atoms. The van der Waals surface area contributed by atoms with Gasteiger partial charge in [-0.3, -0.25) is 4.79 Å². The zero-order chi connectivity index (χ0) is 17.2. The maximum Gasteiger partial charge on any atom is 0.433 e. The van der Waals surface area contributed by atoms with E-state index in [4.69, 9.17) is 0 Å². The van der Waals surface area contributed by atoms with Gasteiger partial charge in [0.1, 0.15) is 5.69 Å². The van der Waals surface area contributed by atoms with Crippen LogP contribution in [0.2, 0.25) is 0 Å². The van der Waals surface area contributed by atoms with Crippen LogP contribution in [-0.4, -0.2) is 23.5 Å². The Hall–Kier alpha value is -2.31. The maximum absolute atomic E-state index is 13.1. The second kappa shape index (κ2) is 6.67. The van der Waals surface area contributed by atoms with Crippen LogP contribution in [0.25, 0.3) is 10.9 Å². The number of amides is 1. The van der Waals surface area contributed by atoms with Gasteiger partial charge in [0, 0.05) is 23.2 Å². The Morgan fingerprint density at radius 1 is 1.17 bits per heavy atom. The molecule has 1 aromatic heterocycles.